The van der Waals surface area contributed by atoms with Crippen molar-refractivity contribution in [1.82, 2.24) is 19.8 Å². The van der Waals surface area contributed by atoms with Crippen LogP contribution < -0.4 is 20.8 Å². The van der Waals surface area contributed by atoms with E-state index in [1.54, 1.807) is 19.5 Å². The molecule has 0 aliphatic carbocycles. The Morgan fingerprint density at radius 2 is 1.64 bits per heavy atom. The molecule has 2 aliphatic heterocycles. The Hall–Kier alpha value is -2.35. The lowest BCUT2D eigenvalue weighted by molar-refractivity contribution is 0.0982. The molecule has 2 saturated heterocycles. The number of aromatic nitrogens is 2. The summed E-state index contributed by atoms with van der Waals surface area (Å²) in [7, 11) is -0.296. The van der Waals surface area contributed by atoms with E-state index in [4.69, 9.17) is 23.2 Å². The molecule has 0 unspecified atom stereocenters. The van der Waals surface area contributed by atoms with Crippen LogP contribution in [-0.4, -0.2) is 85.5 Å². The lowest BCUT2D eigenvalue weighted by Gasteiger charge is -2.42. The Morgan fingerprint density at radius 1 is 0.923 bits per heavy atom. The molecule has 5 rings (SSSR count). The van der Waals surface area contributed by atoms with Gasteiger partial charge in [0, 0.05) is 56.3 Å². The Morgan fingerprint density at radius 3 is 2.33 bits per heavy atom. The van der Waals surface area contributed by atoms with E-state index in [9.17, 15) is 4.57 Å². The summed E-state index contributed by atoms with van der Waals surface area (Å²) in [6.07, 6.45) is 3.85. The van der Waals surface area contributed by atoms with E-state index in [2.05, 4.69) is 48.4 Å². The van der Waals surface area contributed by atoms with E-state index in [0.29, 0.717) is 33.5 Å². The normalized spacial score (nSPS) is 17.8. The molecule has 2 aromatic carbocycles. The number of hydrogen-bond acceptors (Lipinski definition) is 8. The Balaban J connectivity index is 1.24. The van der Waals surface area contributed by atoms with Crippen molar-refractivity contribution < 1.29 is 4.57 Å². The van der Waals surface area contributed by atoms with Crippen LogP contribution in [0.1, 0.15) is 12.8 Å². The molecule has 208 valence electrons. The highest BCUT2D eigenvalue weighted by Crippen LogP contribution is 2.39. The van der Waals surface area contributed by atoms with Gasteiger partial charge in [0.2, 0.25) is 5.95 Å². The second kappa shape index (κ2) is 12.0. The van der Waals surface area contributed by atoms with Crippen LogP contribution in [-0.2, 0) is 4.57 Å². The second-order valence-electron chi connectivity index (χ2n) is 10.7. The van der Waals surface area contributed by atoms with Crippen molar-refractivity contribution in [3.8, 4) is 0 Å². The van der Waals surface area contributed by atoms with E-state index < -0.39 is 7.14 Å². The van der Waals surface area contributed by atoms with Gasteiger partial charge < -0.3 is 25.0 Å². The number of halogens is 2. The zero-order valence-electron chi connectivity index (χ0n) is 22.7. The van der Waals surface area contributed by atoms with Gasteiger partial charge in [0.25, 0.3) is 0 Å². The van der Waals surface area contributed by atoms with E-state index in [1.807, 2.05) is 36.4 Å². The first kappa shape index (κ1) is 28.2. The molecule has 3 aromatic rings. The van der Waals surface area contributed by atoms with Gasteiger partial charge in [0.1, 0.15) is 12.2 Å². The molecule has 0 saturated carbocycles. The molecule has 2 aliphatic rings. The molecule has 8 nitrogen and oxygen atoms in total. The van der Waals surface area contributed by atoms with Gasteiger partial charge in [0.15, 0.2) is 5.82 Å². The Bertz CT molecular complexity index is 1350. The molecule has 1 aromatic heterocycles. The predicted molar refractivity (Wildman–Crippen MR) is 165 cm³/mol. The molecule has 0 atom stereocenters. The number of para-hydroxylation sites is 1. The SMILES string of the molecule is CN1CCN(C2CCN(c3ccc(Nc4ncc(Cl)c(Nc5ccccc5P(C)(C)=O)n4)cc3Cl)CC2)CC1. The van der Waals surface area contributed by atoms with Crippen molar-refractivity contribution in [1.29, 1.82) is 0 Å². The molecule has 0 radical (unpaired) electrons. The maximum Gasteiger partial charge on any atom is 0.229 e. The highest BCUT2D eigenvalue weighted by atomic mass is 35.5. The summed E-state index contributed by atoms with van der Waals surface area (Å²) in [4.78, 5) is 16.4. The van der Waals surface area contributed by atoms with Gasteiger partial charge in [0.05, 0.1) is 22.6 Å². The van der Waals surface area contributed by atoms with E-state index in [1.165, 1.54) is 0 Å². The van der Waals surface area contributed by atoms with Crippen LogP contribution in [0.25, 0.3) is 0 Å². The number of piperazine rings is 1. The average Bonchev–Trinajstić information content (AvgIpc) is 2.91. The monoisotopic (exact) mass is 587 g/mol. The van der Waals surface area contributed by atoms with Crippen molar-refractivity contribution in [3.63, 3.8) is 0 Å². The smallest absolute Gasteiger partial charge is 0.229 e. The maximum absolute atomic E-state index is 12.8. The summed E-state index contributed by atoms with van der Waals surface area (Å²) in [5.41, 5.74) is 2.55. The van der Waals surface area contributed by atoms with Gasteiger partial charge in [-0.25, -0.2) is 4.98 Å². The first-order valence-electron chi connectivity index (χ1n) is 13.4. The molecule has 3 heterocycles. The van der Waals surface area contributed by atoms with Crippen molar-refractivity contribution in [3.05, 3.63) is 58.7 Å². The van der Waals surface area contributed by atoms with Gasteiger partial charge in [-0.05, 0) is 63.6 Å². The van der Waals surface area contributed by atoms with Crippen molar-refractivity contribution in [2.75, 3.05) is 75.2 Å². The van der Waals surface area contributed by atoms with Crippen LogP contribution >= 0.6 is 30.3 Å². The van der Waals surface area contributed by atoms with Crippen molar-refractivity contribution in [2.24, 2.45) is 0 Å². The Labute approximate surface area is 241 Å². The maximum atomic E-state index is 12.8. The molecule has 2 fully saturated rings. The molecule has 0 amide bonds. The number of nitrogens with zero attached hydrogens (tertiary/aromatic N) is 5. The summed E-state index contributed by atoms with van der Waals surface area (Å²) in [5, 5.41) is 8.27. The van der Waals surface area contributed by atoms with Gasteiger partial charge >= 0.3 is 0 Å². The standard InChI is InChI=1S/C28H36Cl2N7OP/c1-35-14-16-36(17-15-35)21-10-12-37(13-11-21)25-9-8-20(18-22(25)29)32-28-31-19-23(30)27(34-28)33-24-6-4-5-7-26(24)39(2,3)38/h4-9,18-19,21H,10-17H2,1-3H3,(H2,31,32,33,34). The second-order valence-corrected chi connectivity index (χ2v) is 14.7. The van der Waals surface area contributed by atoms with Gasteiger partial charge in [-0.15, -0.1) is 0 Å². The molecular weight excluding hydrogens is 552 g/mol. The summed E-state index contributed by atoms with van der Waals surface area (Å²) in [5.74, 6) is 0.813. The third-order valence-electron chi connectivity index (χ3n) is 7.54. The van der Waals surface area contributed by atoms with Crippen LogP contribution in [0, 0.1) is 0 Å². The largest absolute Gasteiger partial charge is 0.370 e. The van der Waals surface area contributed by atoms with E-state index in [-0.39, 0.29) is 0 Å². The first-order chi connectivity index (χ1) is 18.7. The topological polar surface area (TPSA) is 76.6 Å². The third kappa shape index (κ3) is 6.87. The summed E-state index contributed by atoms with van der Waals surface area (Å²) in [6, 6.07) is 14.1. The predicted octanol–water partition coefficient (Wildman–Crippen LogP) is 5.73. The van der Waals surface area contributed by atoms with Crippen LogP contribution in [0.15, 0.2) is 48.7 Å². The third-order valence-corrected chi connectivity index (χ3v) is 9.67. The lowest BCUT2D eigenvalue weighted by Crippen LogP contribution is -2.52. The molecule has 0 bridgehead atoms. The minimum absolute atomic E-state index is 0.366. The fourth-order valence-electron chi connectivity index (χ4n) is 5.32. The highest BCUT2D eigenvalue weighted by Gasteiger charge is 2.27. The van der Waals surface area contributed by atoms with Gasteiger partial charge in [-0.2, -0.15) is 4.98 Å². The van der Waals surface area contributed by atoms with E-state index >= 15 is 0 Å². The van der Waals surface area contributed by atoms with Crippen LogP contribution in [0.2, 0.25) is 10.0 Å². The Kier molecular flexibility index (Phi) is 8.69. The summed E-state index contributed by atoms with van der Waals surface area (Å²) in [6.45, 7) is 10.1. The van der Waals surface area contributed by atoms with Crippen molar-refractivity contribution >= 4 is 64.5 Å². The van der Waals surface area contributed by atoms with Gasteiger partial charge in [-0.1, -0.05) is 35.3 Å². The molecule has 11 heteroatoms. The number of likely N-dealkylation sites (N-methyl/N-ethyl adjacent to an activating group) is 1. The first-order valence-corrected chi connectivity index (χ1v) is 16.7. The number of piperidine rings is 1. The molecular formula is C28H36Cl2N7OP. The molecule has 39 heavy (non-hydrogen) atoms. The average molecular weight is 589 g/mol. The fourth-order valence-corrected chi connectivity index (χ4v) is 6.91. The fraction of sp³-hybridized carbons (Fsp3) is 0.429. The quantitative estimate of drug-likeness (QED) is 0.339. The zero-order chi connectivity index (χ0) is 27.6. The number of nitrogens with one attached hydrogen (secondary N) is 2. The van der Waals surface area contributed by atoms with Crippen LogP contribution in [0.3, 0.4) is 0 Å². The molecule has 0 spiro atoms. The van der Waals surface area contributed by atoms with E-state index in [0.717, 1.165) is 68.8 Å². The minimum atomic E-state index is -2.50. The number of hydrogen-bond donors (Lipinski definition) is 2. The van der Waals surface area contributed by atoms with Crippen LogP contribution in [0.4, 0.5) is 28.8 Å². The highest BCUT2D eigenvalue weighted by molar-refractivity contribution is 7.70. The van der Waals surface area contributed by atoms with Gasteiger partial charge in [-0.3, -0.25) is 4.90 Å². The number of benzene rings is 2. The molecule has 2 N–H and O–H groups in total. The van der Waals surface area contributed by atoms with Crippen LogP contribution in [0.5, 0.6) is 0 Å². The summed E-state index contributed by atoms with van der Waals surface area (Å²) >= 11 is 13.2. The number of anilines is 5. The zero-order valence-corrected chi connectivity index (χ0v) is 25.1. The van der Waals surface area contributed by atoms with Crippen molar-refractivity contribution in [2.45, 2.75) is 18.9 Å². The summed E-state index contributed by atoms with van der Waals surface area (Å²) < 4.78 is 12.8. The minimum Gasteiger partial charge on any atom is -0.370 e. The lowest BCUT2D eigenvalue weighted by atomic mass is 10.0. The number of rotatable bonds is 7.